The third kappa shape index (κ3) is 4.45. The molecule has 0 radical (unpaired) electrons. The van der Waals surface area contributed by atoms with Gasteiger partial charge in [-0.15, -0.1) is 0 Å². The number of aliphatic hydroxyl groups is 1. The van der Waals surface area contributed by atoms with Crippen molar-refractivity contribution < 1.29 is 19.3 Å². The van der Waals surface area contributed by atoms with Crippen molar-refractivity contribution in [2.75, 3.05) is 13.2 Å². The van der Waals surface area contributed by atoms with Crippen LogP contribution in [-0.4, -0.2) is 30.5 Å². The molecule has 0 aromatic heterocycles. The van der Waals surface area contributed by atoms with Gasteiger partial charge in [0, 0.05) is 5.57 Å². The quantitative estimate of drug-likeness (QED) is 0.849. The number of rotatable bonds is 7. The zero-order valence-electron chi connectivity index (χ0n) is 13.5. The van der Waals surface area contributed by atoms with Crippen LogP contribution < -0.4 is 0 Å². The Morgan fingerprint density at radius 1 is 0.875 bits per heavy atom. The average Bonchev–Trinajstić information content (AvgIpc) is 2.66. The van der Waals surface area contributed by atoms with E-state index in [-0.39, 0.29) is 18.8 Å². The Balaban J connectivity index is 1.63. The molecule has 0 saturated heterocycles. The number of hydrogen-bond donors (Lipinski definition) is 1. The Kier molecular flexibility index (Phi) is 6.01. The lowest BCUT2D eigenvalue weighted by Crippen LogP contribution is -2.40. The highest BCUT2D eigenvalue weighted by Crippen LogP contribution is 2.22. The van der Waals surface area contributed by atoms with E-state index in [1.165, 1.54) is 0 Å². The average molecular weight is 326 g/mol. The molecule has 24 heavy (non-hydrogen) atoms. The normalized spacial score (nSPS) is 20.3. The second-order valence-electron chi connectivity index (χ2n) is 5.74. The zero-order valence-corrected chi connectivity index (χ0v) is 13.5. The van der Waals surface area contributed by atoms with Gasteiger partial charge in [-0.3, -0.25) is 0 Å². The standard InChI is InChI=1S/C20H22O4/c21-11-18-14-22-15-19(23-12-16-7-3-1-4-8-16)20(18)24-13-17-9-5-2-6-10-17/h1-10,14,19-21H,11-13,15H2/t19-,20-/m1/s1. The maximum absolute atomic E-state index is 9.58. The van der Waals surface area contributed by atoms with E-state index in [1.54, 1.807) is 6.26 Å². The monoisotopic (exact) mass is 326 g/mol. The summed E-state index contributed by atoms with van der Waals surface area (Å²) in [5.41, 5.74) is 2.89. The van der Waals surface area contributed by atoms with Gasteiger partial charge >= 0.3 is 0 Å². The molecule has 1 aliphatic heterocycles. The number of ether oxygens (including phenoxy) is 3. The fourth-order valence-corrected chi connectivity index (χ4v) is 2.66. The molecule has 0 unspecified atom stereocenters. The van der Waals surface area contributed by atoms with Crippen molar-refractivity contribution in [3.63, 3.8) is 0 Å². The zero-order chi connectivity index (χ0) is 16.6. The van der Waals surface area contributed by atoms with Crippen LogP contribution in [-0.2, 0) is 27.4 Å². The van der Waals surface area contributed by atoms with Crippen molar-refractivity contribution in [3.8, 4) is 0 Å². The lowest BCUT2D eigenvalue weighted by molar-refractivity contribution is -0.105. The molecule has 0 fully saturated rings. The van der Waals surface area contributed by atoms with Gasteiger partial charge < -0.3 is 19.3 Å². The van der Waals surface area contributed by atoms with E-state index in [2.05, 4.69) is 0 Å². The first-order chi connectivity index (χ1) is 11.9. The molecule has 4 nitrogen and oxygen atoms in total. The molecule has 0 aliphatic carbocycles. The first-order valence-electron chi connectivity index (χ1n) is 8.09. The molecule has 1 N–H and O–H groups in total. The summed E-state index contributed by atoms with van der Waals surface area (Å²) in [6.07, 6.45) is 1.02. The van der Waals surface area contributed by atoms with Gasteiger partial charge in [0.2, 0.25) is 0 Å². The first-order valence-corrected chi connectivity index (χ1v) is 8.09. The van der Waals surface area contributed by atoms with Gasteiger partial charge in [0.15, 0.2) is 0 Å². The maximum Gasteiger partial charge on any atom is 0.122 e. The number of benzene rings is 2. The fraction of sp³-hybridized carbons (Fsp3) is 0.300. The molecule has 0 amide bonds. The van der Waals surface area contributed by atoms with Crippen molar-refractivity contribution in [1.82, 2.24) is 0 Å². The molecule has 0 spiro atoms. The Labute approximate surface area is 142 Å². The molecule has 2 atom stereocenters. The van der Waals surface area contributed by atoms with E-state index in [1.807, 2.05) is 60.7 Å². The first kappa shape index (κ1) is 16.7. The van der Waals surface area contributed by atoms with Crippen molar-refractivity contribution in [3.05, 3.63) is 83.6 Å². The number of aliphatic hydroxyl groups excluding tert-OH is 1. The van der Waals surface area contributed by atoms with Crippen LogP contribution in [0.2, 0.25) is 0 Å². The third-order valence-corrected chi connectivity index (χ3v) is 3.96. The summed E-state index contributed by atoms with van der Waals surface area (Å²) in [6.45, 7) is 1.26. The highest BCUT2D eigenvalue weighted by atomic mass is 16.6. The molecule has 3 rings (SSSR count). The Bertz CT molecular complexity index is 639. The van der Waals surface area contributed by atoms with Gasteiger partial charge in [0.05, 0.1) is 26.1 Å². The highest BCUT2D eigenvalue weighted by Gasteiger charge is 2.30. The predicted octanol–water partition coefficient (Wildman–Crippen LogP) is 3.06. The minimum absolute atomic E-state index is 0.106. The van der Waals surface area contributed by atoms with Crippen LogP contribution >= 0.6 is 0 Å². The summed E-state index contributed by atoms with van der Waals surface area (Å²) >= 11 is 0. The molecular formula is C20H22O4. The summed E-state index contributed by atoms with van der Waals surface area (Å²) in [6, 6.07) is 20.0. The van der Waals surface area contributed by atoms with Gasteiger partial charge in [-0.05, 0) is 11.1 Å². The lowest BCUT2D eigenvalue weighted by Gasteiger charge is -2.31. The van der Waals surface area contributed by atoms with Crippen LogP contribution in [0.25, 0.3) is 0 Å². The van der Waals surface area contributed by atoms with Crippen molar-refractivity contribution in [2.24, 2.45) is 0 Å². The summed E-state index contributed by atoms with van der Waals surface area (Å²) in [5, 5.41) is 9.58. The van der Waals surface area contributed by atoms with Crippen molar-refractivity contribution >= 4 is 0 Å². The highest BCUT2D eigenvalue weighted by molar-refractivity contribution is 5.16. The minimum atomic E-state index is -0.312. The summed E-state index contributed by atoms with van der Waals surface area (Å²) in [4.78, 5) is 0. The molecule has 4 heteroatoms. The molecule has 1 aliphatic rings. The summed E-state index contributed by atoms with van der Waals surface area (Å²) in [5.74, 6) is 0. The molecule has 2 aromatic carbocycles. The van der Waals surface area contributed by atoms with Crippen LogP contribution in [0.4, 0.5) is 0 Å². The molecule has 2 aromatic rings. The molecule has 0 bridgehead atoms. The predicted molar refractivity (Wildman–Crippen MR) is 91.2 cm³/mol. The van der Waals surface area contributed by atoms with Gasteiger partial charge in [-0.25, -0.2) is 0 Å². The van der Waals surface area contributed by atoms with Gasteiger partial charge in [-0.2, -0.15) is 0 Å². The Morgan fingerprint density at radius 2 is 1.46 bits per heavy atom. The second-order valence-corrected chi connectivity index (χ2v) is 5.74. The topological polar surface area (TPSA) is 47.9 Å². The van der Waals surface area contributed by atoms with Crippen LogP contribution in [0.5, 0.6) is 0 Å². The van der Waals surface area contributed by atoms with E-state index >= 15 is 0 Å². The Morgan fingerprint density at radius 3 is 2.04 bits per heavy atom. The van der Waals surface area contributed by atoms with E-state index in [9.17, 15) is 5.11 Å². The largest absolute Gasteiger partial charge is 0.498 e. The van der Waals surface area contributed by atoms with E-state index in [0.29, 0.717) is 25.4 Å². The van der Waals surface area contributed by atoms with Crippen molar-refractivity contribution in [2.45, 2.75) is 25.4 Å². The second kappa shape index (κ2) is 8.64. The molecule has 1 heterocycles. The fourth-order valence-electron chi connectivity index (χ4n) is 2.66. The van der Waals surface area contributed by atoms with Crippen LogP contribution in [0.15, 0.2) is 72.5 Å². The van der Waals surface area contributed by atoms with Gasteiger partial charge in [0.1, 0.15) is 18.8 Å². The Hall–Kier alpha value is -2.14. The van der Waals surface area contributed by atoms with E-state index < -0.39 is 0 Å². The van der Waals surface area contributed by atoms with Gasteiger partial charge in [0.25, 0.3) is 0 Å². The van der Waals surface area contributed by atoms with Gasteiger partial charge in [-0.1, -0.05) is 60.7 Å². The molecular weight excluding hydrogens is 304 g/mol. The van der Waals surface area contributed by atoms with Crippen LogP contribution in [0.1, 0.15) is 11.1 Å². The van der Waals surface area contributed by atoms with Crippen LogP contribution in [0, 0.1) is 0 Å². The summed E-state index contributed by atoms with van der Waals surface area (Å²) < 4.78 is 17.5. The SMILES string of the molecule is OCC1=COC[C@@H](OCc2ccccc2)[C@@H]1OCc1ccccc1. The summed E-state index contributed by atoms with van der Waals surface area (Å²) in [7, 11) is 0. The number of hydrogen-bond acceptors (Lipinski definition) is 4. The smallest absolute Gasteiger partial charge is 0.122 e. The van der Waals surface area contributed by atoms with E-state index in [0.717, 1.165) is 11.1 Å². The molecule has 126 valence electrons. The van der Waals surface area contributed by atoms with E-state index in [4.69, 9.17) is 14.2 Å². The third-order valence-electron chi connectivity index (χ3n) is 3.96. The maximum atomic E-state index is 9.58. The van der Waals surface area contributed by atoms with Crippen LogP contribution in [0.3, 0.4) is 0 Å². The minimum Gasteiger partial charge on any atom is -0.498 e. The van der Waals surface area contributed by atoms with Crippen molar-refractivity contribution in [1.29, 1.82) is 0 Å². The molecule has 0 saturated carbocycles. The lowest BCUT2D eigenvalue weighted by atomic mass is 10.0.